The van der Waals surface area contributed by atoms with E-state index in [-0.39, 0.29) is 13.0 Å². The Morgan fingerprint density at radius 2 is 2.11 bits per heavy atom. The van der Waals surface area contributed by atoms with Gasteiger partial charge in [-0.1, -0.05) is 0 Å². The SMILES string of the molecule is Cc1cc(C(=O)N2C[C@H](O)C[C@H]2C(=O)O)ccc1N. The van der Waals surface area contributed by atoms with E-state index < -0.39 is 24.0 Å². The molecule has 1 amide bonds. The van der Waals surface area contributed by atoms with Crippen LogP contribution in [0.5, 0.6) is 0 Å². The highest BCUT2D eigenvalue weighted by Gasteiger charge is 2.39. The summed E-state index contributed by atoms with van der Waals surface area (Å²) in [6.45, 7) is 1.82. The third-order valence-electron chi connectivity index (χ3n) is 3.34. The number of aliphatic hydroxyl groups is 1. The Bertz CT molecular complexity index is 529. The number of aryl methyl sites for hydroxylation is 1. The first-order chi connectivity index (χ1) is 8.90. The Morgan fingerprint density at radius 3 is 2.68 bits per heavy atom. The zero-order valence-corrected chi connectivity index (χ0v) is 10.5. The minimum absolute atomic E-state index is 0.0409. The minimum atomic E-state index is -1.10. The molecule has 1 aliphatic heterocycles. The van der Waals surface area contributed by atoms with Gasteiger partial charge in [0.2, 0.25) is 0 Å². The molecule has 102 valence electrons. The molecule has 19 heavy (non-hydrogen) atoms. The van der Waals surface area contributed by atoms with Crippen LogP contribution in [0.25, 0.3) is 0 Å². The average Bonchev–Trinajstić information content (AvgIpc) is 2.74. The van der Waals surface area contributed by atoms with Crippen molar-refractivity contribution in [2.24, 2.45) is 0 Å². The summed E-state index contributed by atoms with van der Waals surface area (Å²) < 4.78 is 0. The average molecular weight is 264 g/mol. The van der Waals surface area contributed by atoms with Crippen molar-refractivity contribution in [1.82, 2.24) is 4.90 Å². The van der Waals surface area contributed by atoms with Gasteiger partial charge in [0.15, 0.2) is 0 Å². The summed E-state index contributed by atoms with van der Waals surface area (Å²) in [7, 11) is 0. The first kappa shape index (κ1) is 13.4. The third-order valence-corrected chi connectivity index (χ3v) is 3.34. The lowest BCUT2D eigenvalue weighted by atomic mass is 10.1. The largest absolute Gasteiger partial charge is 0.480 e. The number of carbonyl (C=O) groups is 2. The second-order valence-electron chi connectivity index (χ2n) is 4.77. The molecule has 1 aliphatic rings. The molecule has 4 N–H and O–H groups in total. The maximum Gasteiger partial charge on any atom is 0.326 e. The molecule has 0 saturated carbocycles. The maximum atomic E-state index is 12.3. The van der Waals surface area contributed by atoms with E-state index in [1.807, 2.05) is 0 Å². The summed E-state index contributed by atoms with van der Waals surface area (Å²) in [5.41, 5.74) is 7.40. The number of benzene rings is 1. The number of nitrogens with two attached hydrogens (primary N) is 1. The second-order valence-corrected chi connectivity index (χ2v) is 4.77. The number of rotatable bonds is 2. The molecule has 6 nitrogen and oxygen atoms in total. The van der Waals surface area contributed by atoms with E-state index in [0.717, 1.165) is 5.56 Å². The van der Waals surface area contributed by atoms with Gasteiger partial charge in [-0.05, 0) is 30.7 Å². The number of hydrogen-bond acceptors (Lipinski definition) is 4. The van der Waals surface area contributed by atoms with E-state index in [9.17, 15) is 14.7 Å². The van der Waals surface area contributed by atoms with Crippen molar-refractivity contribution in [1.29, 1.82) is 0 Å². The van der Waals surface area contributed by atoms with Gasteiger partial charge in [-0.15, -0.1) is 0 Å². The van der Waals surface area contributed by atoms with Crippen molar-refractivity contribution in [2.75, 3.05) is 12.3 Å². The predicted molar refractivity (Wildman–Crippen MR) is 68.7 cm³/mol. The molecule has 0 bridgehead atoms. The number of aliphatic hydroxyl groups excluding tert-OH is 1. The van der Waals surface area contributed by atoms with Crippen molar-refractivity contribution < 1.29 is 19.8 Å². The Morgan fingerprint density at radius 1 is 1.42 bits per heavy atom. The monoisotopic (exact) mass is 264 g/mol. The van der Waals surface area contributed by atoms with Gasteiger partial charge in [0.05, 0.1) is 6.10 Å². The molecule has 1 saturated heterocycles. The van der Waals surface area contributed by atoms with Gasteiger partial charge in [-0.3, -0.25) is 4.79 Å². The summed E-state index contributed by atoms with van der Waals surface area (Å²) >= 11 is 0. The number of likely N-dealkylation sites (tertiary alicyclic amines) is 1. The molecule has 1 fully saturated rings. The van der Waals surface area contributed by atoms with Gasteiger partial charge < -0.3 is 20.8 Å². The van der Waals surface area contributed by atoms with Crippen LogP contribution in [0.15, 0.2) is 18.2 Å². The number of nitrogen functional groups attached to an aromatic ring is 1. The van der Waals surface area contributed by atoms with E-state index in [1.54, 1.807) is 25.1 Å². The lowest BCUT2D eigenvalue weighted by Gasteiger charge is -2.21. The molecule has 0 aromatic heterocycles. The normalized spacial score (nSPS) is 22.5. The number of aliphatic carboxylic acids is 1. The molecule has 2 rings (SSSR count). The number of nitrogens with zero attached hydrogens (tertiary/aromatic N) is 1. The van der Waals surface area contributed by atoms with Crippen LogP contribution < -0.4 is 5.73 Å². The van der Waals surface area contributed by atoms with E-state index in [4.69, 9.17) is 10.8 Å². The number of β-amino-alcohol motifs (C(OH)–C–C–N with tert-alkyl or cyclic N) is 1. The molecule has 0 aliphatic carbocycles. The Kier molecular flexibility index (Phi) is 3.44. The lowest BCUT2D eigenvalue weighted by molar-refractivity contribution is -0.141. The van der Waals surface area contributed by atoms with Crippen molar-refractivity contribution >= 4 is 17.6 Å². The number of carbonyl (C=O) groups excluding carboxylic acids is 1. The molecular weight excluding hydrogens is 248 g/mol. The van der Waals surface area contributed by atoms with Crippen LogP contribution in [0, 0.1) is 6.92 Å². The van der Waals surface area contributed by atoms with Crippen molar-refractivity contribution in [3.63, 3.8) is 0 Å². The highest BCUT2D eigenvalue weighted by molar-refractivity contribution is 5.97. The van der Waals surface area contributed by atoms with Crippen LogP contribution in [0.2, 0.25) is 0 Å². The minimum Gasteiger partial charge on any atom is -0.480 e. The third kappa shape index (κ3) is 2.53. The Hall–Kier alpha value is -2.08. The lowest BCUT2D eigenvalue weighted by Crippen LogP contribution is -2.40. The highest BCUT2D eigenvalue weighted by atomic mass is 16.4. The van der Waals surface area contributed by atoms with Crippen LogP contribution in [-0.2, 0) is 4.79 Å². The molecule has 0 spiro atoms. The standard InChI is InChI=1S/C13H16N2O4/c1-7-4-8(2-3-10(7)14)12(17)15-6-9(16)5-11(15)13(18)19/h2-4,9,11,16H,5-6,14H2,1H3,(H,18,19)/t9-,11+/m1/s1. The Balaban J connectivity index is 2.27. The molecule has 1 heterocycles. The van der Waals surface area contributed by atoms with Crippen molar-refractivity contribution in [3.8, 4) is 0 Å². The predicted octanol–water partition coefficient (Wildman–Crippen LogP) is 0.237. The summed E-state index contributed by atoms with van der Waals surface area (Å²) in [6.07, 6.45) is -0.727. The van der Waals surface area contributed by atoms with E-state index in [0.29, 0.717) is 11.3 Å². The summed E-state index contributed by atoms with van der Waals surface area (Å²) in [5, 5.41) is 18.6. The fraction of sp³-hybridized carbons (Fsp3) is 0.385. The quantitative estimate of drug-likeness (QED) is 0.664. The second kappa shape index (κ2) is 4.89. The number of hydrogen-bond donors (Lipinski definition) is 3. The molecule has 0 radical (unpaired) electrons. The summed E-state index contributed by atoms with van der Waals surface area (Å²) in [4.78, 5) is 24.6. The molecule has 2 atom stereocenters. The number of carboxylic acids is 1. The molecule has 1 aromatic rings. The number of amides is 1. The van der Waals surface area contributed by atoms with Gasteiger partial charge in [-0.2, -0.15) is 0 Å². The number of carboxylic acid groups (broad SMARTS) is 1. The summed E-state index contributed by atoms with van der Waals surface area (Å²) in [6, 6.07) is 3.83. The zero-order chi connectivity index (χ0) is 14.2. The van der Waals surface area contributed by atoms with Gasteiger partial charge in [0.1, 0.15) is 6.04 Å². The van der Waals surface area contributed by atoms with Gasteiger partial charge >= 0.3 is 5.97 Å². The molecular formula is C13H16N2O4. The Labute approximate surface area is 110 Å². The van der Waals surface area contributed by atoms with Crippen LogP contribution >= 0.6 is 0 Å². The van der Waals surface area contributed by atoms with E-state index >= 15 is 0 Å². The van der Waals surface area contributed by atoms with E-state index in [2.05, 4.69) is 0 Å². The van der Waals surface area contributed by atoms with Crippen LogP contribution in [-0.4, -0.2) is 45.7 Å². The van der Waals surface area contributed by atoms with Crippen LogP contribution in [0.3, 0.4) is 0 Å². The van der Waals surface area contributed by atoms with Crippen molar-refractivity contribution in [2.45, 2.75) is 25.5 Å². The molecule has 6 heteroatoms. The van der Waals surface area contributed by atoms with Gasteiger partial charge in [0, 0.05) is 24.2 Å². The van der Waals surface area contributed by atoms with E-state index in [1.165, 1.54) is 4.90 Å². The zero-order valence-electron chi connectivity index (χ0n) is 10.5. The fourth-order valence-corrected chi connectivity index (χ4v) is 2.25. The maximum absolute atomic E-state index is 12.3. The van der Waals surface area contributed by atoms with Gasteiger partial charge in [-0.25, -0.2) is 4.79 Å². The smallest absolute Gasteiger partial charge is 0.326 e. The summed E-state index contributed by atoms with van der Waals surface area (Å²) in [5.74, 6) is -1.50. The first-order valence-corrected chi connectivity index (χ1v) is 5.98. The fourth-order valence-electron chi connectivity index (χ4n) is 2.25. The van der Waals surface area contributed by atoms with Gasteiger partial charge in [0.25, 0.3) is 5.91 Å². The topological polar surface area (TPSA) is 104 Å². The highest BCUT2D eigenvalue weighted by Crippen LogP contribution is 2.22. The van der Waals surface area contributed by atoms with Crippen LogP contribution in [0.4, 0.5) is 5.69 Å². The van der Waals surface area contributed by atoms with Crippen molar-refractivity contribution in [3.05, 3.63) is 29.3 Å². The van der Waals surface area contributed by atoms with Crippen LogP contribution in [0.1, 0.15) is 22.3 Å². The first-order valence-electron chi connectivity index (χ1n) is 5.98. The number of anilines is 1. The molecule has 0 unspecified atom stereocenters. The molecule has 1 aromatic carbocycles.